The van der Waals surface area contributed by atoms with Gasteiger partial charge in [0.05, 0.1) is 16.3 Å². The van der Waals surface area contributed by atoms with Crippen molar-refractivity contribution in [3.63, 3.8) is 0 Å². The fourth-order valence-electron chi connectivity index (χ4n) is 1.52. The molecule has 0 radical (unpaired) electrons. The van der Waals surface area contributed by atoms with Gasteiger partial charge < -0.3 is 0 Å². The summed E-state index contributed by atoms with van der Waals surface area (Å²) >= 11 is 7.08. The Balaban J connectivity index is 2.46. The molecule has 0 amide bonds. The number of halogens is 1. The zero-order valence-corrected chi connectivity index (χ0v) is 13.0. The van der Waals surface area contributed by atoms with Gasteiger partial charge in [-0.3, -0.25) is 4.72 Å². The van der Waals surface area contributed by atoms with E-state index in [1.807, 2.05) is 6.92 Å². The molecular formula is C12H10ClN3O2S2. The Kier molecular flexibility index (Phi) is 3.99. The summed E-state index contributed by atoms with van der Waals surface area (Å²) in [5, 5.41) is 9.40. The number of hydrogen-bond donors (Lipinski definition) is 1. The number of thiazole rings is 1. The molecule has 20 heavy (non-hydrogen) atoms. The molecule has 1 heterocycles. The van der Waals surface area contributed by atoms with Gasteiger partial charge in [-0.1, -0.05) is 17.7 Å². The van der Waals surface area contributed by atoms with Gasteiger partial charge in [-0.15, -0.1) is 11.3 Å². The van der Waals surface area contributed by atoms with Crippen molar-refractivity contribution in [1.82, 2.24) is 4.98 Å². The Hall–Kier alpha value is -1.62. The molecule has 104 valence electrons. The van der Waals surface area contributed by atoms with Crippen LogP contribution in [0.3, 0.4) is 0 Å². The van der Waals surface area contributed by atoms with Crippen LogP contribution in [0, 0.1) is 25.2 Å². The third-order valence-corrected chi connectivity index (χ3v) is 5.44. The fraction of sp³-hybridized carbons (Fsp3) is 0.167. The normalized spacial score (nSPS) is 11.1. The molecule has 2 aromatic rings. The lowest BCUT2D eigenvalue weighted by atomic mass is 10.2. The average molecular weight is 328 g/mol. The molecule has 0 saturated carbocycles. The van der Waals surface area contributed by atoms with Gasteiger partial charge in [0.1, 0.15) is 11.0 Å². The Bertz CT molecular complexity index is 787. The van der Waals surface area contributed by atoms with E-state index in [9.17, 15) is 8.42 Å². The van der Waals surface area contributed by atoms with Crippen LogP contribution in [-0.4, -0.2) is 13.4 Å². The van der Waals surface area contributed by atoms with Crippen LogP contribution in [0.15, 0.2) is 23.1 Å². The standard InChI is InChI=1S/C12H10ClN3O2S2/c1-7-8(2)19-12(15-7)16-20(17,18)11-5-3-4-10(13)9(11)6-14/h3-5H,1-2H3,(H,15,16). The molecule has 1 aromatic carbocycles. The summed E-state index contributed by atoms with van der Waals surface area (Å²) in [5.74, 6) is 0. The SMILES string of the molecule is Cc1nc(NS(=O)(=O)c2cccc(Cl)c2C#N)sc1C. The molecule has 0 unspecified atom stereocenters. The topological polar surface area (TPSA) is 82.8 Å². The molecule has 2 rings (SSSR count). The largest absolute Gasteiger partial charge is 0.265 e. The Morgan fingerprint density at radius 2 is 2.10 bits per heavy atom. The highest BCUT2D eigenvalue weighted by atomic mass is 35.5. The second kappa shape index (κ2) is 5.40. The van der Waals surface area contributed by atoms with Crippen molar-refractivity contribution in [1.29, 1.82) is 5.26 Å². The maximum Gasteiger partial charge on any atom is 0.265 e. The second-order valence-electron chi connectivity index (χ2n) is 3.99. The fourth-order valence-corrected chi connectivity index (χ4v) is 4.03. The van der Waals surface area contributed by atoms with Crippen molar-refractivity contribution >= 4 is 38.1 Å². The molecule has 0 bridgehead atoms. The van der Waals surface area contributed by atoms with Gasteiger partial charge in [-0.05, 0) is 26.0 Å². The highest BCUT2D eigenvalue weighted by Crippen LogP contribution is 2.27. The van der Waals surface area contributed by atoms with Gasteiger partial charge in [-0.25, -0.2) is 13.4 Å². The quantitative estimate of drug-likeness (QED) is 0.939. The summed E-state index contributed by atoms with van der Waals surface area (Å²) in [5.41, 5.74) is 0.686. The van der Waals surface area contributed by atoms with Gasteiger partial charge >= 0.3 is 0 Å². The number of nitrogens with one attached hydrogen (secondary N) is 1. The number of aromatic nitrogens is 1. The number of hydrogen-bond acceptors (Lipinski definition) is 5. The van der Waals surface area contributed by atoms with Crippen molar-refractivity contribution in [2.45, 2.75) is 18.7 Å². The molecule has 1 aromatic heterocycles. The van der Waals surface area contributed by atoms with Crippen molar-refractivity contribution in [2.24, 2.45) is 0 Å². The van der Waals surface area contributed by atoms with Crippen LogP contribution in [0.4, 0.5) is 5.13 Å². The third-order valence-electron chi connectivity index (χ3n) is 2.63. The minimum Gasteiger partial charge on any atom is -0.255 e. The first kappa shape index (κ1) is 14.8. The molecule has 1 N–H and O–H groups in total. The van der Waals surface area contributed by atoms with E-state index in [4.69, 9.17) is 16.9 Å². The summed E-state index contributed by atoms with van der Waals surface area (Å²) < 4.78 is 27.0. The lowest BCUT2D eigenvalue weighted by Gasteiger charge is -2.07. The minimum absolute atomic E-state index is 0.0772. The van der Waals surface area contributed by atoms with Crippen LogP contribution in [-0.2, 0) is 10.0 Å². The molecule has 0 aliphatic carbocycles. The van der Waals surface area contributed by atoms with Crippen LogP contribution in [0.1, 0.15) is 16.1 Å². The molecule has 0 fully saturated rings. The Labute approximate surface area is 125 Å². The van der Waals surface area contributed by atoms with Crippen molar-refractivity contribution in [3.05, 3.63) is 39.4 Å². The van der Waals surface area contributed by atoms with Crippen LogP contribution in [0.2, 0.25) is 5.02 Å². The summed E-state index contributed by atoms with van der Waals surface area (Å²) in [6, 6.07) is 6.09. The van der Waals surface area contributed by atoms with Crippen molar-refractivity contribution in [3.8, 4) is 6.07 Å². The Morgan fingerprint density at radius 3 is 2.65 bits per heavy atom. The van der Waals surface area contributed by atoms with E-state index in [1.165, 1.54) is 29.5 Å². The number of anilines is 1. The molecule has 0 spiro atoms. The second-order valence-corrected chi connectivity index (χ2v) is 7.25. The molecule has 5 nitrogen and oxygen atoms in total. The van der Waals surface area contributed by atoms with Gasteiger partial charge in [0, 0.05) is 4.88 Å². The van der Waals surface area contributed by atoms with Crippen molar-refractivity contribution < 1.29 is 8.42 Å². The molecular weight excluding hydrogens is 318 g/mol. The number of nitriles is 1. The predicted octanol–water partition coefficient (Wildman–Crippen LogP) is 3.09. The summed E-state index contributed by atoms with van der Waals surface area (Å²) in [6.07, 6.45) is 0. The predicted molar refractivity (Wildman–Crippen MR) is 78.6 cm³/mol. The average Bonchev–Trinajstić information content (AvgIpc) is 2.67. The highest BCUT2D eigenvalue weighted by Gasteiger charge is 2.22. The summed E-state index contributed by atoms with van der Waals surface area (Å²) in [4.78, 5) is 4.88. The van der Waals surface area contributed by atoms with Crippen molar-refractivity contribution in [2.75, 3.05) is 4.72 Å². The number of sulfonamides is 1. The van der Waals surface area contributed by atoms with E-state index in [2.05, 4.69) is 9.71 Å². The lowest BCUT2D eigenvalue weighted by Crippen LogP contribution is -2.14. The maximum atomic E-state index is 12.3. The van der Waals surface area contributed by atoms with E-state index in [1.54, 1.807) is 13.0 Å². The number of rotatable bonds is 3. The molecule has 8 heteroatoms. The smallest absolute Gasteiger partial charge is 0.255 e. The van der Waals surface area contributed by atoms with Crippen LogP contribution < -0.4 is 4.72 Å². The zero-order chi connectivity index (χ0) is 14.9. The van der Waals surface area contributed by atoms with E-state index in [0.717, 1.165) is 10.6 Å². The number of benzene rings is 1. The van der Waals surface area contributed by atoms with E-state index < -0.39 is 10.0 Å². The number of nitrogens with zero attached hydrogens (tertiary/aromatic N) is 2. The minimum atomic E-state index is -3.89. The highest BCUT2D eigenvalue weighted by molar-refractivity contribution is 7.93. The van der Waals surface area contributed by atoms with E-state index >= 15 is 0 Å². The first-order valence-electron chi connectivity index (χ1n) is 5.50. The first-order chi connectivity index (χ1) is 9.35. The van der Waals surface area contributed by atoms with Crippen LogP contribution in [0.25, 0.3) is 0 Å². The third kappa shape index (κ3) is 2.77. The van der Waals surface area contributed by atoms with Gasteiger partial charge in [0.25, 0.3) is 10.0 Å². The Morgan fingerprint density at radius 1 is 1.40 bits per heavy atom. The van der Waals surface area contributed by atoms with Gasteiger partial charge in [0.15, 0.2) is 5.13 Å². The van der Waals surface area contributed by atoms with E-state index in [-0.39, 0.29) is 20.6 Å². The lowest BCUT2D eigenvalue weighted by molar-refractivity contribution is 0.601. The van der Waals surface area contributed by atoms with Crippen LogP contribution >= 0.6 is 22.9 Å². The van der Waals surface area contributed by atoms with Gasteiger partial charge in [-0.2, -0.15) is 5.26 Å². The molecule has 0 saturated heterocycles. The molecule has 0 atom stereocenters. The maximum absolute atomic E-state index is 12.3. The molecule has 0 aliphatic heterocycles. The van der Waals surface area contributed by atoms with Gasteiger partial charge in [0.2, 0.25) is 0 Å². The first-order valence-corrected chi connectivity index (χ1v) is 8.18. The monoisotopic (exact) mass is 327 g/mol. The van der Waals surface area contributed by atoms with E-state index in [0.29, 0.717) is 0 Å². The summed E-state index contributed by atoms with van der Waals surface area (Å²) in [6.45, 7) is 3.65. The number of aryl methyl sites for hydroxylation is 2. The molecule has 0 aliphatic rings. The zero-order valence-electron chi connectivity index (χ0n) is 10.6. The summed E-state index contributed by atoms with van der Waals surface area (Å²) in [7, 11) is -3.89. The van der Waals surface area contributed by atoms with Crippen LogP contribution in [0.5, 0.6) is 0 Å².